The predicted octanol–water partition coefficient (Wildman–Crippen LogP) is 4.03. The zero-order valence-corrected chi connectivity index (χ0v) is 10.5. The summed E-state index contributed by atoms with van der Waals surface area (Å²) >= 11 is 5.61. The van der Waals surface area contributed by atoms with Crippen molar-refractivity contribution in [3.05, 3.63) is 70.0 Å². The third kappa shape index (κ3) is 3.28. The van der Waals surface area contributed by atoms with Gasteiger partial charge in [0.25, 0.3) is 0 Å². The summed E-state index contributed by atoms with van der Waals surface area (Å²) in [6, 6.07) is 6.88. The summed E-state index contributed by atoms with van der Waals surface area (Å²) in [6.07, 6.45) is -1.37. The number of hydrogen-bond acceptors (Lipinski definition) is 1. The molecule has 5 heteroatoms. The van der Waals surface area contributed by atoms with Gasteiger partial charge in [-0.1, -0.05) is 23.7 Å². The van der Waals surface area contributed by atoms with E-state index in [2.05, 4.69) is 0 Å². The van der Waals surface area contributed by atoms with E-state index in [1.165, 1.54) is 12.1 Å². The Labute approximate surface area is 113 Å². The van der Waals surface area contributed by atoms with Crippen LogP contribution in [-0.2, 0) is 6.42 Å². The molecule has 1 nitrogen and oxygen atoms in total. The summed E-state index contributed by atoms with van der Waals surface area (Å²) in [6.45, 7) is 0. The van der Waals surface area contributed by atoms with Gasteiger partial charge >= 0.3 is 0 Å². The third-order valence-corrected chi connectivity index (χ3v) is 2.98. The van der Waals surface area contributed by atoms with E-state index >= 15 is 0 Å². The number of aliphatic hydroxyl groups excluding tert-OH is 1. The number of benzene rings is 2. The van der Waals surface area contributed by atoms with E-state index in [4.69, 9.17) is 11.6 Å². The van der Waals surface area contributed by atoms with Crippen molar-refractivity contribution in [1.82, 2.24) is 0 Å². The summed E-state index contributed by atoms with van der Waals surface area (Å²) < 4.78 is 39.7. The zero-order chi connectivity index (χ0) is 14.0. The van der Waals surface area contributed by atoms with E-state index in [1.54, 1.807) is 0 Å². The summed E-state index contributed by atoms with van der Waals surface area (Å²) in [4.78, 5) is 0. The SMILES string of the molecule is OC(Cc1ccc(Cl)cc1F)c1ccc(F)cc1F. The second-order valence-electron chi connectivity index (χ2n) is 4.12. The van der Waals surface area contributed by atoms with Crippen molar-refractivity contribution in [3.8, 4) is 0 Å². The maximum atomic E-state index is 13.5. The summed E-state index contributed by atoms with van der Waals surface area (Å²) in [5.74, 6) is -2.16. The fourth-order valence-electron chi connectivity index (χ4n) is 1.78. The molecule has 2 rings (SSSR count). The van der Waals surface area contributed by atoms with Gasteiger partial charge in [0.2, 0.25) is 0 Å². The Bertz CT molecular complexity index is 601. The quantitative estimate of drug-likeness (QED) is 0.903. The van der Waals surface area contributed by atoms with Gasteiger partial charge < -0.3 is 5.11 Å². The third-order valence-electron chi connectivity index (χ3n) is 2.75. The van der Waals surface area contributed by atoms with Gasteiger partial charge in [-0.3, -0.25) is 0 Å². The second kappa shape index (κ2) is 5.63. The van der Waals surface area contributed by atoms with Crippen molar-refractivity contribution in [3.63, 3.8) is 0 Å². The minimum absolute atomic E-state index is 0.0734. The Kier molecular flexibility index (Phi) is 4.12. The molecule has 19 heavy (non-hydrogen) atoms. The first-order valence-electron chi connectivity index (χ1n) is 5.54. The van der Waals surface area contributed by atoms with Gasteiger partial charge in [-0.25, -0.2) is 13.2 Å². The highest BCUT2D eigenvalue weighted by molar-refractivity contribution is 6.30. The Morgan fingerprint density at radius 3 is 2.37 bits per heavy atom. The molecule has 2 aromatic carbocycles. The first-order valence-corrected chi connectivity index (χ1v) is 5.92. The molecule has 0 amide bonds. The van der Waals surface area contributed by atoms with E-state index in [0.717, 1.165) is 18.2 Å². The molecule has 0 saturated carbocycles. The lowest BCUT2D eigenvalue weighted by Crippen LogP contribution is -2.06. The molecule has 0 heterocycles. The minimum Gasteiger partial charge on any atom is -0.388 e. The Morgan fingerprint density at radius 2 is 1.74 bits per heavy atom. The van der Waals surface area contributed by atoms with Gasteiger partial charge in [0.1, 0.15) is 17.5 Å². The van der Waals surface area contributed by atoms with E-state index in [0.29, 0.717) is 6.07 Å². The van der Waals surface area contributed by atoms with Crippen LogP contribution in [0.2, 0.25) is 5.02 Å². The molecule has 2 aromatic rings. The smallest absolute Gasteiger partial charge is 0.131 e. The molecule has 0 fully saturated rings. The van der Waals surface area contributed by atoms with Crippen LogP contribution in [0.4, 0.5) is 13.2 Å². The molecule has 0 bridgehead atoms. The highest BCUT2D eigenvalue weighted by Gasteiger charge is 2.16. The lowest BCUT2D eigenvalue weighted by atomic mass is 10.0. The van der Waals surface area contributed by atoms with Gasteiger partial charge in [-0.15, -0.1) is 0 Å². The molecule has 0 aliphatic heterocycles. The first kappa shape index (κ1) is 13.9. The number of aliphatic hydroxyl groups is 1. The van der Waals surface area contributed by atoms with Crippen LogP contribution in [0.15, 0.2) is 36.4 Å². The fraction of sp³-hybridized carbons (Fsp3) is 0.143. The average molecular weight is 287 g/mol. The zero-order valence-electron chi connectivity index (χ0n) is 9.71. The van der Waals surface area contributed by atoms with Crippen LogP contribution in [0.1, 0.15) is 17.2 Å². The Hall–Kier alpha value is -1.52. The minimum atomic E-state index is -1.25. The van der Waals surface area contributed by atoms with Crippen molar-refractivity contribution < 1.29 is 18.3 Å². The highest BCUT2D eigenvalue weighted by Crippen LogP contribution is 2.24. The fourth-order valence-corrected chi connectivity index (χ4v) is 1.94. The van der Waals surface area contributed by atoms with Gasteiger partial charge in [-0.05, 0) is 23.8 Å². The van der Waals surface area contributed by atoms with Crippen LogP contribution in [-0.4, -0.2) is 5.11 Å². The van der Waals surface area contributed by atoms with Crippen molar-refractivity contribution >= 4 is 11.6 Å². The first-order chi connectivity index (χ1) is 8.97. The standard InChI is InChI=1S/C14H10ClF3O/c15-9-2-1-8(12(17)6-9)5-14(19)11-4-3-10(16)7-13(11)18/h1-4,6-7,14,19H,5H2. The molecule has 1 atom stereocenters. The van der Waals surface area contributed by atoms with Crippen molar-refractivity contribution in [2.75, 3.05) is 0 Å². The molecule has 1 unspecified atom stereocenters. The normalized spacial score (nSPS) is 12.5. The molecular formula is C14H10ClF3O. The van der Waals surface area contributed by atoms with E-state index < -0.39 is 23.6 Å². The summed E-state index contributed by atoms with van der Waals surface area (Å²) in [5.41, 5.74) is 0.136. The van der Waals surface area contributed by atoms with E-state index in [-0.39, 0.29) is 22.6 Å². The van der Waals surface area contributed by atoms with Crippen LogP contribution < -0.4 is 0 Å². The van der Waals surface area contributed by atoms with Gasteiger partial charge in [0.05, 0.1) is 6.10 Å². The summed E-state index contributed by atoms with van der Waals surface area (Å²) in [5, 5.41) is 10.1. The maximum Gasteiger partial charge on any atom is 0.131 e. The molecule has 0 spiro atoms. The molecule has 0 aliphatic rings. The van der Waals surface area contributed by atoms with Gasteiger partial charge in [0.15, 0.2) is 0 Å². The average Bonchev–Trinajstić information content (AvgIpc) is 2.32. The van der Waals surface area contributed by atoms with Crippen LogP contribution >= 0.6 is 11.6 Å². The van der Waals surface area contributed by atoms with Gasteiger partial charge in [0, 0.05) is 23.1 Å². The van der Waals surface area contributed by atoms with Gasteiger partial charge in [-0.2, -0.15) is 0 Å². The van der Waals surface area contributed by atoms with Crippen LogP contribution in [0.5, 0.6) is 0 Å². The largest absolute Gasteiger partial charge is 0.388 e. The van der Waals surface area contributed by atoms with Crippen LogP contribution in [0, 0.1) is 17.5 Å². The molecule has 0 aromatic heterocycles. The molecule has 0 radical (unpaired) electrons. The molecule has 0 saturated heterocycles. The lowest BCUT2D eigenvalue weighted by Gasteiger charge is -2.12. The number of hydrogen-bond donors (Lipinski definition) is 1. The Balaban J connectivity index is 2.23. The highest BCUT2D eigenvalue weighted by atomic mass is 35.5. The second-order valence-corrected chi connectivity index (χ2v) is 4.56. The van der Waals surface area contributed by atoms with E-state index in [9.17, 15) is 18.3 Å². The van der Waals surface area contributed by atoms with Crippen molar-refractivity contribution in [1.29, 1.82) is 0 Å². The topological polar surface area (TPSA) is 20.2 Å². The maximum absolute atomic E-state index is 13.5. The lowest BCUT2D eigenvalue weighted by molar-refractivity contribution is 0.172. The van der Waals surface area contributed by atoms with Crippen molar-refractivity contribution in [2.45, 2.75) is 12.5 Å². The van der Waals surface area contributed by atoms with Crippen molar-refractivity contribution in [2.24, 2.45) is 0 Å². The Morgan fingerprint density at radius 1 is 1.00 bits per heavy atom. The molecule has 100 valence electrons. The molecular weight excluding hydrogens is 277 g/mol. The van der Waals surface area contributed by atoms with Crippen LogP contribution in [0.25, 0.3) is 0 Å². The number of halogens is 4. The predicted molar refractivity (Wildman–Crippen MR) is 66.4 cm³/mol. The molecule has 0 aliphatic carbocycles. The number of rotatable bonds is 3. The van der Waals surface area contributed by atoms with Crippen LogP contribution in [0.3, 0.4) is 0 Å². The monoisotopic (exact) mass is 286 g/mol. The van der Waals surface area contributed by atoms with E-state index in [1.807, 2.05) is 0 Å². The molecule has 1 N–H and O–H groups in total. The summed E-state index contributed by atoms with van der Waals surface area (Å²) in [7, 11) is 0.